The second kappa shape index (κ2) is 6.95. The number of rotatable bonds is 3. The van der Waals surface area contributed by atoms with Crippen LogP contribution >= 0.6 is 0 Å². The SMILES string of the molecule is CCOC(=O)N(C1CCCCC1)N1CCOCC1. The molecule has 104 valence electrons. The van der Waals surface area contributed by atoms with E-state index in [0.717, 1.165) is 25.9 Å². The minimum Gasteiger partial charge on any atom is -0.449 e. The zero-order valence-corrected chi connectivity index (χ0v) is 11.3. The van der Waals surface area contributed by atoms with Gasteiger partial charge in [-0.25, -0.2) is 14.8 Å². The van der Waals surface area contributed by atoms with Crippen LogP contribution in [-0.2, 0) is 9.47 Å². The highest BCUT2D eigenvalue weighted by atomic mass is 16.6. The van der Waals surface area contributed by atoms with E-state index in [1.165, 1.54) is 19.3 Å². The van der Waals surface area contributed by atoms with Crippen molar-refractivity contribution in [2.24, 2.45) is 0 Å². The molecular formula is C13H24N2O3. The number of morpholine rings is 1. The van der Waals surface area contributed by atoms with Crippen LogP contribution in [0, 0.1) is 0 Å². The van der Waals surface area contributed by atoms with Crippen LogP contribution in [0.2, 0.25) is 0 Å². The fraction of sp³-hybridized carbons (Fsp3) is 0.923. The van der Waals surface area contributed by atoms with Gasteiger partial charge in [-0.3, -0.25) is 0 Å². The van der Waals surface area contributed by atoms with Crippen molar-refractivity contribution in [1.29, 1.82) is 0 Å². The van der Waals surface area contributed by atoms with Crippen LogP contribution in [0.15, 0.2) is 0 Å². The molecule has 2 rings (SSSR count). The number of carbonyl (C=O) groups is 1. The molecule has 0 aromatic rings. The van der Waals surface area contributed by atoms with E-state index in [1.807, 2.05) is 11.9 Å². The molecule has 2 aliphatic rings. The lowest BCUT2D eigenvalue weighted by Crippen LogP contribution is -2.56. The zero-order chi connectivity index (χ0) is 12.8. The van der Waals surface area contributed by atoms with E-state index in [1.54, 1.807) is 0 Å². The molecule has 0 atom stereocenters. The fourth-order valence-corrected chi connectivity index (χ4v) is 2.78. The van der Waals surface area contributed by atoms with Crippen molar-refractivity contribution < 1.29 is 14.3 Å². The van der Waals surface area contributed by atoms with Crippen LogP contribution in [0.5, 0.6) is 0 Å². The molecule has 18 heavy (non-hydrogen) atoms. The average molecular weight is 256 g/mol. The summed E-state index contributed by atoms with van der Waals surface area (Å²) in [6.45, 7) is 5.26. The number of nitrogens with zero attached hydrogens (tertiary/aromatic N) is 2. The Balaban J connectivity index is 2.02. The van der Waals surface area contributed by atoms with E-state index in [0.29, 0.717) is 25.9 Å². The van der Waals surface area contributed by atoms with Crippen molar-refractivity contribution in [1.82, 2.24) is 10.0 Å². The van der Waals surface area contributed by atoms with Gasteiger partial charge in [-0.2, -0.15) is 0 Å². The van der Waals surface area contributed by atoms with Crippen molar-refractivity contribution in [3.63, 3.8) is 0 Å². The van der Waals surface area contributed by atoms with Gasteiger partial charge in [0.25, 0.3) is 0 Å². The summed E-state index contributed by atoms with van der Waals surface area (Å²) in [5.41, 5.74) is 0. The Morgan fingerprint density at radius 3 is 2.56 bits per heavy atom. The molecule has 1 aliphatic carbocycles. The highest BCUT2D eigenvalue weighted by Gasteiger charge is 2.32. The summed E-state index contributed by atoms with van der Waals surface area (Å²) in [7, 11) is 0. The number of amides is 1. The van der Waals surface area contributed by atoms with E-state index in [2.05, 4.69) is 5.01 Å². The third-order valence-electron chi connectivity index (χ3n) is 3.67. The summed E-state index contributed by atoms with van der Waals surface area (Å²) < 4.78 is 10.6. The lowest BCUT2D eigenvalue weighted by atomic mass is 9.95. The summed E-state index contributed by atoms with van der Waals surface area (Å²) in [6, 6.07) is 0.316. The number of hydrazine groups is 1. The first-order valence-electron chi connectivity index (χ1n) is 7.11. The molecule has 5 nitrogen and oxygen atoms in total. The maximum atomic E-state index is 12.2. The lowest BCUT2D eigenvalue weighted by Gasteiger charge is -2.42. The lowest BCUT2D eigenvalue weighted by molar-refractivity contribution is -0.104. The second-order valence-electron chi connectivity index (χ2n) is 4.90. The van der Waals surface area contributed by atoms with Gasteiger partial charge in [-0.15, -0.1) is 0 Å². The van der Waals surface area contributed by atoms with E-state index in [9.17, 15) is 4.79 Å². The highest BCUT2D eigenvalue weighted by Crippen LogP contribution is 2.25. The molecule has 1 saturated heterocycles. The predicted octanol–water partition coefficient (Wildman–Crippen LogP) is 2.02. The molecule has 0 unspecified atom stereocenters. The molecule has 1 heterocycles. The van der Waals surface area contributed by atoms with Crippen molar-refractivity contribution in [2.75, 3.05) is 32.9 Å². The fourth-order valence-electron chi connectivity index (χ4n) is 2.78. The highest BCUT2D eigenvalue weighted by molar-refractivity contribution is 5.67. The molecule has 1 aliphatic heterocycles. The summed E-state index contributed by atoms with van der Waals surface area (Å²) in [6.07, 6.45) is 5.71. The van der Waals surface area contributed by atoms with Gasteiger partial charge in [0, 0.05) is 13.1 Å². The second-order valence-corrected chi connectivity index (χ2v) is 4.90. The quantitative estimate of drug-likeness (QED) is 0.775. The molecule has 1 amide bonds. The largest absolute Gasteiger partial charge is 0.449 e. The molecule has 0 aromatic carbocycles. The Labute approximate surface area is 109 Å². The Kier molecular flexibility index (Phi) is 5.26. The molecule has 0 N–H and O–H groups in total. The van der Waals surface area contributed by atoms with Crippen LogP contribution in [0.1, 0.15) is 39.0 Å². The monoisotopic (exact) mass is 256 g/mol. The first-order chi connectivity index (χ1) is 8.83. The molecule has 0 bridgehead atoms. The maximum Gasteiger partial charge on any atom is 0.424 e. The Bertz CT molecular complexity index is 243. The van der Waals surface area contributed by atoms with Gasteiger partial charge in [-0.05, 0) is 19.8 Å². The third-order valence-corrected chi connectivity index (χ3v) is 3.67. The number of carbonyl (C=O) groups excluding carboxylic acids is 1. The Morgan fingerprint density at radius 1 is 1.28 bits per heavy atom. The van der Waals surface area contributed by atoms with E-state index in [4.69, 9.17) is 9.47 Å². The van der Waals surface area contributed by atoms with Gasteiger partial charge in [0.1, 0.15) is 0 Å². The van der Waals surface area contributed by atoms with Gasteiger partial charge < -0.3 is 9.47 Å². The minimum atomic E-state index is -0.189. The maximum absolute atomic E-state index is 12.2. The smallest absolute Gasteiger partial charge is 0.424 e. The molecule has 5 heteroatoms. The minimum absolute atomic E-state index is 0.189. The van der Waals surface area contributed by atoms with Crippen LogP contribution in [0.3, 0.4) is 0 Å². The van der Waals surface area contributed by atoms with Crippen LogP contribution < -0.4 is 0 Å². The molecule has 0 spiro atoms. The summed E-state index contributed by atoms with van der Waals surface area (Å²) in [5.74, 6) is 0. The number of ether oxygens (including phenoxy) is 2. The first-order valence-corrected chi connectivity index (χ1v) is 7.11. The van der Waals surface area contributed by atoms with Crippen LogP contribution in [0.4, 0.5) is 4.79 Å². The molecule has 1 saturated carbocycles. The third kappa shape index (κ3) is 3.36. The van der Waals surface area contributed by atoms with Crippen molar-refractivity contribution >= 4 is 6.09 Å². The normalized spacial score (nSPS) is 22.7. The van der Waals surface area contributed by atoms with Crippen molar-refractivity contribution in [3.8, 4) is 0 Å². The first kappa shape index (κ1) is 13.6. The molecule has 2 fully saturated rings. The topological polar surface area (TPSA) is 42.0 Å². The number of hydrogen-bond acceptors (Lipinski definition) is 4. The summed E-state index contributed by atoms with van der Waals surface area (Å²) >= 11 is 0. The van der Waals surface area contributed by atoms with Gasteiger partial charge >= 0.3 is 6.09 Å². The number of hydrogen-bond donors (Lipinski definition) is 0. The van der Waals surface area contributed by atoms with Crippen molar-refractivity contribution in [2.45, 2.75) is 45.1 Å². The van der Waals surface area contributed by atoms with E-state index in [-0.39, 0.29) is 6.09 Å². The molecule has 0 radical (unpaired) electrons. The van der Waals surface area contributed by atoms with Crippen LogP contribution in [-0.4, -0.2) is 55.1 Å². The summed E-state index contributed by atoms with van der Waals surface area (Å²) in [4.78, 5) is 12.2. The molecule has 0 aromatic heterocycles. The van der Waals surface area contributed by atoms with Crippen molar-refractivity contribution in [3.05, 3.63) is 0 Å². The van der Waals surface area contributed by atoms with E-state index < -0.39 is 0 Å². The molecular weight excluding hydrogens is 232 g/mol. The van der Waals surface area contributed by atoms with Gasteiger partial charge in [0.2, 0.25) is 0 Å². The Hall–Kier alpha value is -0.810. The van der Waals surface area contributed by atoms with Gasteiger partial charge in [0.05, 0.1) is 25.9 Å². The zero-order valence-electron chi connectivity index (χ0n) is 11.3. The van der Waals surface area contributed by atoms with Crippen LogP contribution in [0.25, 0.3) is 0 Å². The Morgan fingerprint density at radius 2 is 1.94 bits per heavy atom. The standard InChI is InChI=1S/C13H24N2O3/c1-2-18-13(16)15(12-6-4-3-5-7-12)14-8-10-17-11-9-14/h12H,2-11H2,1H3. The average Bonchev–Trinajstić information content (AvgIpc) is 2.42. The van der Waals surface area contributed by atoms with Gasteiger partial charge in [0.15, 0.2) is 0 Å². The summed E-state index contributed by atoms with van der Waals surface area (Å²) in [5, 5.41) is 3.97. The van der Waals surface area contributed by atoms with E-state index >= 15 is 0 Å². The van der Waals surface area contributed by atoms with Gasteiger partial charge in [-0.1, -0.05) is 19.3 Å². The predicted molar refractivity (Wildman–Crippen MR) is 68.1 cm³/mol.